The minimum absolute atomic E-state index is 0.106. The molecule has 0 unspecified atom stereocenters. The van der Waals surface area contributed by atoms with Crippen LogP contribution in [0.5, 0.6) is 0 Å². The summed E-state index contributed by atoms with van der Waals surface area (Å²) in [5.74, 6) is 8.43. The molecule has 0 aliphatic carbocycles. The van der Waals surface area contributed by atoms with Crippen LogP contribution in [0.4, 0.5) is 14.4 Å². The Balaban J connectivity index is 0.000000415. The molecule has 4 aromatic heterocycles. The van der Waals surface area contributed by atoms with E-state index in [1.807, 2.05) is 71.6 Å². The van der Waals surface area contributed by atoms with Gasteiger partial charge in [0.2, 0.25) is 0 Å². The van der Waals surface area contributed by atoms with Crippen LogP contribution in [-0.4, -0.2) is 67.7 Å². The van der Waals surface area contributed by atoms with Crippen LogP contribution in [0.15, 0.2) is 98.1 Å². The van der Waals surface area contributed by atoms with Gasteiger partial charge >= 0.3 is 242 Å². The van der Waals surface area contributed by atoms with Crippen molar-refractivity contribution in [3.05, 3.63) is 98.1 Å². The largest absolute Gasteiger partial charge is 0.265 e. The van der Waals surface area contributed by atoms with Gasteiger partial charge in [-0.05, 0) is 45.7 Å². The van der Waals surface area contributed by atoms with Gasteiger partial charge in [0, 0.05) is 53.9 Å². The number of amides is 3. The third-order valence-electron chi connectivity index (χ3n) is 7.32. The zero-order valence-electron chi connectivity index (χ0n) is 34.1. The first-order valence-electron chi connectivity index (χ1n) is 19.3. The van der Waals surface area contributed by atoms with Gasteiger partial charge in [0.05, 0.1) is 0 Å². The average Bonchev–Trinajstić information content (AvgIpc) is 3.28. The Morgan fingerprint density at radius 1 is 0.550 bits per heavy atom. The van der Waals surface area contributed by atoms with Crippen LogP contribution in [-0.2, 0) is 14.2 Å². The maximum absolute atomic E-state index is 11.5. The van der Waals surface area contributed by atoms with Crippen molar-refractivity contribution in [1.29, 1.82) is 0 Å². The Labute approximate surface area is 389 Å². The molecular weight excluding hydrogens is 1100 g/mol. The first-order valence-corrected chi connectivity index (χ1v) is 24.4. The minimum Gasteiger partial charge on any atom is -0.265 e. The Bertz CT molecular complexity index is 1870. The normalized spacial score (nSPS) is 9.53. The summed E-state index contributed by atoms with van der Waals surface area (Å²) in [7, 11) is 0. The fourth-order valence-electron chi connectivity index (χ4n) is 4.20. The number of pyridine rings is 4. The molecule has 3 amide bonds. The number of nitrogens with one attached hydrogen (secondary N) is 3. The standard InChI is InChI=1S/C26H32I2N4O4.C10H8N2.C8H12INO2/c1-3-5-15-29-25(33)35-21-7-13-27-31-17-9-23(10-18-31)24-11-19-32(20-12-24)28-14-8-22-36-26(34)30-16-6-4-2;1-5-11-6-2-9(1)10-3-7-12-8-4-10;1-2-3-6-10-8(11)12-7-4-5-9/h9-12,17-20H,3-6,15-16,21-22H2,1-2H3,(H,29,33)(H,30,34);1-8H;2-3,6-7H2,1H3,(H,10,11). The summed E-state index contributed by atoms with van der Waals surface area (Å²) in [5.41, 5.74) is 4.59. The second-order valence-electron chi connectivity index (χ2n) is 11.9. The van der Waals surface area contributed by atoms with Crippen molar-refractivity contribution in [1.82, 2.24) is 25.9 Å². The van der Waals surface area contributed by atoms with Gasteiger partial charge in [-0.15, -0.1) is 0 Å². The summed E-state index contributed by atoms with van der Waals surface area (Å²) < 4.78 is 27.7. The molecule has 0 aliphatic rings. The molecule has 0 atom stereocenters. The van der Waals surface area contributed by atoms with Crippen molar-refractivity contribution in [3.63, 3.8) is 0 Å². The Kier molecular flexibility index (Phi) is 30.1. The van der Waals surface area contributed by atoms with Crippen molar-refractivity contribution in [2.45, 2.75) is 59.3 Å². The maximum Gasteiger partial charge on any atom is 0.0273 e. The second-order valence-corrected chi connectivity index (χ2v) is 16.7. The number of halogens is 3. The minimum atomic E-state index is -0.534. The fourth-order valence-corrected chi connectivity index (χ4v) is 6.85. The molecule has 320 valence electrons. The number of aromatic nitrogens is 4. The van der Waals surface area contributed by atoms with E-state index in [0.717, 1.165) is 49.7 Å². The summed E-state index contributed by atoms with van der Waals surface area (Å²) >= 11 is 0.828. The predicted octanol–water partition coefficient (Wildman–Crippen LogP) is 0.659. The Hall–Kier alpha value is -4.72. The van der Waals surface area contributed by atoms with Gasteiger partial charge in [-0.2, -0.15) is 0 Å². The number of unbranched alkanes of at least 4 members (excludes halogenated alkanes) is 3. The van der Waals surface area contributed by atoms with E-state index in [1.165, 1.54) is 11.1 Å². The second kappa shape index (κ2) is 35.1. The van der Waals surface area contributed by atoms with Gasteiger partial charge < -0.3 is 10.1 Å². The number of alkyl carbamates (subject to hydrolysis) is 3. The number of hydrogen-bond acceptors (Lipinski definition) is 8. The molecule has 4 heterocycles. The van der Waals surface area contributed by atoms with Crippen LogP contribution in [0.3, 0.4) is 0 Å². The first-order chi connectivity index (χ1) is 29.4. The van der Waals surface area contributed by atoms with Crippen LogP contribution < -0.4 is 64.5 Å². The van der Waals surface area contributed by atoms with E-state index in [0.29, 0.717) is 19.6 Å². The van der Waals surface area contributed by atoms with Crippen molar-refractivity contribution in [2.24, 2.45) is 0 Å². The van der Waals surface area contributed by atoms with E-state index in [9.17, 15) is 14.4 Å². The molecular formula is C44H52I3N7O6. The zero-order chi connectivity index (χ0) is 43.3. The summed E-state index contributed by atoms with van der Waals surface area (Å²) in [5, 5.41) is 8.00. The maximum atomic E-state index is 11.5. The average molecular weight is 1160 g/mol. The summed E-state index contributed by atoms with van der Waals surface area (Å²) in [4.78, 5) is 41.6. The number of nitrogens with zero attached hydrogens (tertiary/aromatic N) is 4. The fraction of sp³-hybridized carbons (Fsp3) is 0.341. The molecule has 0 saturated carbocycles. The number of hydrogen-bond donors (Lipinski definition) is 3. The number of carbonyl (C=O) groups excluding carboxylic acids is 3. The van der Waals surface area contributed by atoms with Crippen LogP contribution in [0.1, 0.15) is 59.3 Å². The van der Waals surface area contributed by atoms with Crippen molar-refractivity contribution >= 4 is 40.9 Å². The molecule has 0 radical (unpaired) electrons. The van der Waals surface area contributed by atoms with Gasteiger partial charge in [0.25, 0.3) is 0 Å². The molecule has 0 bridgehead atoms. The molecule has 3 N–H and O–H groups in total. The quantitative estimate of drug-likeness (QED) is 0.0643. The third-order valence-corrected chi connectivity index (χ3v) is 11.3. The molecule has 0 spiro atoms. The van der Waals surface area contributed by atoms with E-state index in [1.54, 1.807) is 24.8 Å². The number of rotatable bonds is 16. The van der Waals surface area contributed by atoms with Gasteiger partial charge in [0.15, 0.2) is 6.61 Å². The summed E-state index contributed by atoms with van der Waals surface area (Å²) in [6, 6.07) is 16.2. The molecule has 4 rings (SSSR count). The number of ether oxygens (including phenoxy) is 3. The van der Waals surface area contributed by atoms with Crippen LogP contribution in [0.25, 0.3) is 22.3 Å². The monoisotopic (exact) mass is 1160 g/mol. The summed E-state index contributed by atoms with van der Waals surface area (Å²) in [6.07, 6.45) is 20.0. The molecule has 0 fully saturated rings. The Morgan fingerprint density at radius 3 is 1.18 bits per heavy atom. The van der Waals surface area contributed by atoms with E-state index in [-0.39, 0.29) is 25.9 Å². The van der Waals surface area contributed by atoms with Crippen LogP contribution in [0, 0.1) is 29.5 Å². The first kappa shape index (κ1) is 51.4. The van der Waals surface area contributed by atoms with E-state index in [2.05, 4.69) is 106 Å². The molecule has 60 heavy (non-hydrogen) atoms. The van der Waals surface area contributed by atoms with Gasteiger partial charge in [-0.1, -0.05) is 19.3 Å². The third kappa shape index (κ3) is 25.7. The van der Waals surface area contributed by atoms with Gasteiger partial charge in [0.1, 0.15) is 0 Å². The van der Waals surface area contributed by atoms with E-state index in [4.69, 9.17) is 14.2 Å². The molecule has 0 aliphatic heterocycles. The molecule has 0 aromatic carbocycles. The molecule has 4 aromatic rings. The van der Waals surface area contributed by atoms with Crippen molar-refractivity contribution < 1.29 is 77.1 Å². The smallest absolute Gasteiger partial charge is 0.0273 e. The van der Waals surface area contributed by atoms with Crippen LogP contribution >= 0.6 is 22.6 Å². The van der Waals surface area contributed by atoms with Crippen molar-refractivity contribution in [2.75, 3.05) is 39.5 Å². The van der Waals surface area contributed by atoms with E-state index >= 15 is 0 Å². The van der Waals surface area contributed by atoms with Gasteiger partial charge in [-0.25, -0.2) is 4.79 Å². The van der Waals surface area contributed by atoms with Crippen LogP contribution in [0.2, 0.25) is 0 Å². The Morgan fingerprint density at radius 2 is 0.867 bits per heavy atom. The summed E-state index contributed by atoms with van der Waals surface area (Å²) in [6.45, 7) is 8.51. The SMILES string of the molecule is CCCCNC(=O)OCC#CI.CCCCNC(=O)OCC#C[I-][n+]1ccc(-c2cc[n+]([I-]C#CCOC(=O)NCCCC)cc2)cc1.c1cc(-c2ccncc2)ccn1. The predicted molar refractivity (Wildman–Crippen MR) is 231 cm³/mol. The molecule has 0 saturated heterocycles. The zero-order valence-corrected chi connectivity index (χ0v) is 40.6. The van der Waals surface area contributed by atoms with Crippen molar-refractivity contribution in [3.8, 4) is 51.8 Å². The van der Waals surface area contributed by atoms with E-state index < -0.39 is 55.1 Å². The molecule has 13 nitrogen and oxygen atoms in total. The topological polar surface area (TPSA) is 149 Å². The van der Waals surface area contributed by atoms with Gasteiger partial charge in [-0.3, -0.25) is 9.97 Å². The molecule has 16 heteroatoms. The number of carbonyl (C=O) groups is 3.